The number of hydrogen-bond acceptors (Lipinski definition) is 3. The Labute approximate surface area is 159 Å². The van der Waals surface area contributed by atoms with Gasteiger partial charge in [-0.2, -0.15) is 0 Å². The number of carbonyl (C=O) groups excluding carboxylic acids is 2. The highest BCUT2D eigenvalue weighted by molar-refractivity contribution is 5.85. The summed E-state index contributed by atoms with van der Waals surface area (Å²) in [6.45, 7) is 5.58. The summed E-state index contributed by atoms with van der Waals surface area (Å²) < 4.78 is 2.14. The van der Waals surface area contributed by atoms with E-state index >= 15 is 0 Å². The maximum atomic E-state index is 13.4. The molecule has 6 heteroatoms. The third kappa shape index (κ3) is 3.11. The van der Waals surface area contributed by atoms with Crippen LogP contribution in [-0.4, -0.2) is 44.9 Å². The molecule has 4 rings (SSSR count). The maximum Gasteiger partial charge on any atom is 0.245 e. The van der Waals surface area contributed by atoms with E-state index in [0.29, 0.717) is 19.5 Å². The molecule has 2 aliphatic heterocycles. The van der Waals surface area contributed by atoms with Crippen molar-refractivity contribution in [2.75, 3.05) is 13.1 Å². The number of aryl methyl sites for hydroxylation is 1. The number of likely N-dealkylation sites (tertiary alicyclic amines) is 1. The molecule has 2 fully saturated rings. The first kappa shape index (κ1) is 18.0. The van der Waals surface area contributed by atoms with Crippen LogP contribution in [0.2, 0.25) is 0 Å². The summed E-state index contributed by atoms with van der Waals surface area (Å²) in [6, 6.07) is 7.83. The zero-order valence-corrected chi connectivity index (χ0v) is 16.2. The van der Waals surface area contributed by atoms with Crippen LogP contribution in [0.1, 0.15) is 57.8 Å². The molecule has 2 amide bonds. The number of benzene rings is 1. The van der Waals surface area contributed by atoms with Crippen LogP contribution in [0.15, 0.2) is 24.3 Å². The van der Waals surface area contributed by atoms with Gasteiger partial charge in [0, 0.05) is 31.5 Å². The number of hydrogen-bond donors (Lipinski definition) is 1. The van der Waals surface area contributed by atoms with Gasteiger partial charge in [0.15, 0.2) is 0 Å². The second kappa shape index (κ2) is 6.98. The molecular formula is C21H28N4O2. The van der Waals surface area contributed by atoms with E-state index in [4.69, 9.17) is 4.98 Å². The zero-order chi connectivity index (χ0) is 19.0. The van der Waals surface area contributed by atoms with Gasteiger partial charge in [-0.05, 0) is 37.8 Å². The molecule has 2 aromatic rings. The Hall–Kier alpha value is -2.37. The number of rotatable bonds is 4. The van der Waals surface area contributed by atoms with E-state index in [1.807, 2.05) is 23.1 Å². The molecule has 1 N–H and O–H groups in total. The molecule has 2 saturated heterocycles. The molecule has 0 aliphatic carbocycles. The summed E-state index contributed by atoms with van der Waals surface area (Å²) in [5.74, 6) is 1.29. The fraction of sp³-hybridized carbons (Fsp3) is 0.571. The average molecular weight is 368 g/mol. The van der Waals surface area contributed by atoms with Gasteiger partial charge >= 0.3 is 0 Å². The first-order valence-corrected chi connectivity index (χ1v) is 10.1. The molecule has 6 nitrogen and oxygen atoms in total. The lowest BCUT2D eigenvalue weighted by molar-refractivity contribution is -0.136. The third-order valence-electron chi connectivity index (χ3n) is 6.24. The van der Waals surface area contributed by atoms with E-state index < -0.39 is 0 Å². The summed E-state index contributed by atoms with van der Waals surface area (Å²) in [4.78, 5) is 31.8. The summed E-state index contributed by atoms with van der Waals surface area (Å²) in [7, 11) is 0. The van der Waals surface area contributed by atoms with E-state index in [2.05, 4.69) is 29.8 Å². The van der Waals surface area contributed by atoms with Gasteiger partial charge in [0.05, 0.1) is 11.0 Å². The van der Waals surface area contributed by atoms with Gasteiger partial charge in [0.1, 0.15) is 11.9 Å². The van der Waals surface area contributed by atoms with Crippen molar-refractivity contribution in [3.8, 4) is 0 Å². The maximum absolute atomic E-state index is 13.4. The normalized spacial score (nSPS) is 20.2. The minimum Gasteiger partial charge on any atom is -0.351 e. The van der Waals surface area contributed by atoms with Gasteiger partial charge in [-0.15, -0.1) is 0 Å². The monoisotopic (exact) mass is 368 g/mol. The summed E-state index contributed by atoms with van der Waals surface area (Å²) in [5, 5.41) is 3.15. The van der Waals surface area contributed by atoms with Crippen molar-refractivity contribution in [3.63, 3.8) is 0 Å². The van der Waals surface area contributed by atoms with Crippen LogP contribution in [0.5, 0.6) is 0 Å². The largest absolute Gasteiger partial charge is 0.351 e. The van der Waals surface area contributed by atoms with E-state index in [0.717, 1.165) is 49.0 Å². The molecule has 1 aromatic carbocycles. The zero-order valence-electron chi connectivity index (χ0n) is 16.2. The number of imidazole rings is 1. The molecule has 2 aliphatic rings. The van der Waals surface area contributed by atoms with Crippen LogP contribution in [0.25, 0.3) is 11.0 Å². The molecule has 0 radical (unpaired) electrons. The number of carbonyl (C=O) groups is 2. The Morgan fingerprint density at radius 2 is 1.96 bits per heavy atom. The molecule has 1 spiro atoms. The summed E-state index contributed by atoms with van der Waals surface area (Å²) >= 11 is 0. The Balaban J connectivity index is 1.57. The standard InChI is InChI=1S/C21H28N4O2/c1-3-16(25-17-8-6-5-7-15(17)22-18(25)4-2)20(27)24-13-11-21(12-14-24)10-9-19(26)23-21/h5-8,16H,3-4,9-14H2,1-2H3,(H,23,26)/t16-/m0/s1. The predicted molar refractivity (Wildman–Crippen MR) is 104 cm³/mol. The second-order valence-corrected chi connectivity index (χ2v) is 7.82. The van der Waals surface area contributed by atoms with Crippen LogP contribution in [-0.2, 0) is 16.0 Å². The quantitative estimate of drug-likeness (QED) is 0.902. The molecular weight excluding hydrogens is 340 g/mol. The number of para-hydroxylation sites is 2. The number of piperidine rings is 1. The minimum absolute atomic E-state index is 0.0775. The first-order valence-electron chi connectivity index (χ1n) is 10.1. The van der Waals surface area contributed by atoms with Gasteiger partial charge in [0.25, 0.3) is 0 Å². The lowest BCUT2D eigenvalue weighted by Gasteiger charge is -2.40. The molecule has 1 aromatic heterocycles. The number of amides is 2. The third-order valence-corrected chi connectivity index (χ3v) is 6.24. The number of aromatic nitrogens is 2. The molecule has 0 bridgehead atoms. The van der Waals surface area contributed by atoms with Crippen molar-refractivity contribution in [2.24, 2.45) is 0 Å². The number of nitrogens with zero attached hydrogens (tertiary/aromatic N) is 3. The molecule has 0 saturated carbocycles. The van der Waals surface area contributed by atoms with E-state index in [1.54, 1.807) is 0 Å². The van der Waals surface area contributed by atoms with E-state index in [-0.39, 0.29) is 23.4 Å². The number of nitrogens with one attached hydrogen (secondary N) is 1. The lowest BCUT2D eigenvalue weighted by Crippen LogP contribution is -2.53. The van der Waals surface area contributed by atoms with Crippen LogP contribution in [0.3, 0.4) is 0 Å². The van der Waals surface area contributed by atoms with E-state index in [9.17, 15) is 9.59 Å². The van der Waals surface area contributed by atoms with Crippen LogP contribution in [0, 0.1) is 0 Å². The molecule has 0 unspecified atom stereocenters. The van der Waals surface area contributed by atoms with E-state index in [1.165, 1.54) is 0 Å². The van der Waals surface area contributed by atoms with Crippen molar-refractivity contribution >= 4 is 22.8 Å². The highest BCUT2D eigenvalue weighted by atomic mass is 16.2. The van der Waals surface area contributed by atoms with Gasteiger partial charge < -0.3 is 14.8 Å². The van der Waals surface area contributed by atoms with Gasteiger partial charge in [-0.1, -0.05) is 26.0 Å². The first-order chi connectivity index (χ1) is 13.1. The van der Waals surface area contributed by atoms with Gasteiger partial charge in [0.2, 0.25) is 11.8 Å². The fourth-order valence-electron chi connectivity index (χ4n) is 4.67. The van der Waals surface area contributed by atoms with Crippen molar-refractivity contribution in [3.05, 3.63) is 30.1 Å². The Morgan fingerprint density at radius 3 is 2.59 bits per heavy atom. The molecule has 144 valence electrons. The van der Waals surface area contributed by atoms with Gasteiger partial charge in [-0.25, -0.2) is 4.98 Å². The Morgan fingerprint density at radius 1 is 1.22 bits per heavy atom. The average Bonchev–Trinajstić information content (AvgIpc) is 3.24. The second-order valence-electron chi connectivity index (χ2n) is 7.82. The van der Waals surface area contributed by atoms with Crippen LogP contribution >= 0.6 is 0 Å². The smallest absolute Gasteiger partial charge is 0.245 e. The SMILES string of the molecule is CCc1nc2ccccc2n1[C@@H](CC)C(=O)N1CCC2(CCC(=O)N2)CC1. The summed E-state index contributed by atoms with van der Waals surface area (Å²) in [6.07, 6.45) is 4.76. The molecule has 3 heterocycles. The Kier molecular flexibility index (Phi) is 4.66. The van der Waals surface area contributed by atoms with Crippen molar-refractivity contribution in [1.29, 1.82) is 0 Å². The molecule has 27 heavy (non-hydrogen) atoms. The van der Waals surface area contributed by atoms with Crippen LogP contribution < -0.4 is 5.32 Å². The van der Waals surface area contributed by atoms with Crippen molar-refractivity contribution in [1.82, 2.24) is 19.8 Å². The van der Waals surface area contributed by atoms with Crippen molar-refractivity contribution in [2.45, 2.75) is 64.0 Å². The highest BCUT2D eigenvalue weighted by Gasteiger charge is 2.42. The fourth-order valence-corrected chi connectivity index (χ4v) is 4.67. The molecule has 1 atom stereocenters. The lowest BCUT2D eigenvalue weighted by atomic mass is 9.86. The van der Waals surface area contributed by atoms with Gasteiger partial charge in [-0.3, -0.25) is 9.59 Å². The summed E-state index contributed by atoms with van der Waals surface area (Å²) in [5.41, 5.74) is 1.91. The predicted octanol–water partition coefficient (Wildman–Crippen LogP) is 2.82. The van der Waals surface area contributed by atoms with Crippen molar-refractivity contribution < 1.29 is 9.59 Å². The minimum atomic E-state index is -0.223. The topological polar surface area (TPSA) is 67.2 Å². The number of fused-ring (bicyclic) bond motifs is 1. The van der Waals surface area contributed by atoms with Crippen LogP contribution in [0.4, 0.5) is 0 Å². The highest BCUT2D eigenvalue weighted by Crippen LogP contribution is 2.33. The Bertz CT molecular complexity index is 864.